The van der Waals surface area contributed by atoms with E-state index in [2.05, 4.69) is 21.4 Å². The Morgan fingerprint density at radius 2 is 2.11 bits per heavy atom. The number of hydrogen-bond acceptors (Lipinski definition) is 3. The molecule has 0 heterocycles. The summed E-state index contributed by atoms with van der Waals surface area (Å²) in [6.07, 6.45) is 8.86. The Labute approximate surface area is 119 Å². The summed E-state index contributed by atoms with van der Waals surface area (Å²) in [5, 5.41) is 0.501. The van der Waals surface area contributed by atoms with Crippen LogP contribution in [0, 0.1) is 5.92 Å². The molecule has 0 aliphatic heterocycles. The van der Waals surface area contributed by atoms with E-state index < -0.39 is 6.03 Å². The molecular weight excluding hydrogens is 262 g/mol. The van der Waals surface area contributed by atoms with E-state index in [0.29, 0.717) is 5.25 Å². The van der Waals surface area contributed by atoms with Crippen molar-refractivity contribution >= 4 is 24.0 Å². The standard InChI is InChI=1S/C13H25N3O2S/c1-3-4-5-10-6-8-11(9-7-10)19-16-13(17)15-12(14)18-2/h10-11H,3-9H2,1-2H3,(H3,14,15,16,17). The predicted molar refractivity (Wildman–Crippen MR) is 80.0 cm³/mol. The third-order valence-corrected chi connectivity index (χ3v) is 4.59. The van der Waals surface area contributed by atoms with Crippen LogP contribution >= 0.6 is 11.9 Å². The number of nitrogens with one attached hydrogen (secondary N) is 1. The summed E-state index contributed by atoms with van der Waals surface area (Å²) in [4.78, 5) is 14.9. The molecule has 0 aromatic carbocycles. The zero-order valence-electron chi connectivity index (χ0n) is 11.9. The van der Waals surface area contributed by atoms with Crippen LogP contribution in [0.3, 0.4) is 0 Å². The number of nitrogens with two attached hydrogens (primary N) is 1. The Balaban J connectivity index is 2.17. The molecule has 19 heavy (non-hydrogen) atoms. The van der Waals surface area contributed by atoms with E-state index in [1.807, 2.05) is 0 Å². The fraction of sp³-hybridized carbons (Fsp3) is 0.846. The van der Waals surface area contributed by atoms with E-state index in [9.17, 15) is 4.79 Å². The average molecular weight is 287 g/mol. The van der Waals surface area contributed by atoms with Crippen molar-refractivity contribution in [2.45, 2.75) is 57.1 Å². The van der Waals surface area contributed by atoms with Gasteiger partial charge in [0.25, 0.3) is 6.02 Å². The molecule has 0 spiro atoms. The van der Waals surface area contributed by atoms with Crippen LogP contribution in [0.25, 0.3) is 0 Å². The van der Waals surface area contributed by atoms with E-state index in [-0.39, 0.29) is 6.02 Å². The van der Waals surface area contributed by atoms with Crippen LogP contribution < -0.4 is 10.5 Å². The SMILES string of the molecule is CCCCC1CCC(SNC(=O)/N=C(/N)OC)CC1. The summed E-state index contributed by atoms with van der Waals surface area (Å²) in [6.45, 7) is 2.24. The minimum Gasteiger partial charge on any atom is -0.468 e. The average Bonchev–Trinajstić information content (AvgIpc) is 2.43. The normalized spacial score (nSPS) is 24.0. The van der Waals surface area contributed by atoms with Gasteiger partial charge in [-0.2, -0.15) is 0 Å². The number of carbonyl (C=O) groups excluding carboxylic acids is 1. The Morgan fingerprint density at radius 3 is 2.68 bits per heavy atom. The van der Waals surface area contributed by atoms with Crippen molar-refractivity contribution in [2.24, 2.45) is 16.6 Å². The van der Waals surface area contributed by atoms with Crippen molar-refractivity contribution in [2.75, 3.05) is 7.11 Å². The molecule has 1 aliphatic rings. The smallest absolute Gasteiger partial charge is 0.355 e. The molecule has 0 unspecified atom stereocenters. The number of rotatable bonds is 5. The highest BCUT2D eigenvalue weighted by molar-refractivity contribution is 7.98. The van der Waals surface area contributed by atoms with E-state index in [0.717, 1.165) is 5.92 Å². The summed E-state index contributed by atoms with van der Waals surface area (Å²) < 4.78 is 7.33. The summed E-state index contributed by atoms with van der Waals surface area (Å²) in [5.41, 5.74) is 5.30. The molecule has 0 radical (unpaired) electrons. The molecule has 1 fully saturated rings. The molecule has 0 aromatic rings. The van der Waals surface area contributed by atoms with Gasteiger partial charge in [-0.15, -0.1) is 4.99 Å². The fourth-order valence-corrected chi connectivity index (χ4v) is 3.15. The predicted octanol–water partition coefficient (Wildman–Crippen LogP) is 3.05. The molecule has 1 aliphatic carbocycles. The number of carbonyl (C=O) groups is 1. The largest absolute Gasteiger partial charge is 0.468 e. The van der Waals surface area contributed by atoms with E-state index in [1.165, 1.54) is 64.0 Å². The van der Waals surface area contributed by atoms with Crippen molar-refractivity contribution in [1.82, 2.24) is 4.72 Å². The zero-order valence-corrected chi connectivity index (χ0v) is 12.7. The van der Waals surface area contributed by atoms with E-state index >= 15 is 0 Å². The number of methoxy groups -OCH3 is 1. The summed E-state index contributed by atoms with van der Waals surface area (Å²) in [5.74, 6) is 0.884. The first-order valence-corrected chi connectivity index (χ1v) is 7.87. The number of nitrogens with zero attached hydrogens (tertiary/aromatic N) is 1. The van der Waals surface area contributed by atoms with Crippen LogP contribution in [-0.2, 0) is 4.74 Å². The maximum atomic E-state index is 11.4. The second-order valence-corrected chi connectivity index (χ2v) is 6.07. The van der Waals surface area contributed by atoms with Gasteiger partial charge >= 0.3 is 6.03 Å². The molecule has 0 atom stereocenters. The van der Waals surface area contributed by atoms with Crippen molar-refractivity contribution < 1.29 is 9.53 Å². The van der Waals surface area contributed by atoms with Crippen LogP contribution in [-0.4, -0.2) is 24.4 Å². The first-order valence-electron chi connectivity index (χ1n) is 6.99. The molecule has 1 saturated carbocycles. The highest BCUT2D eigenvalue weighted by atomic mass is 32.2. The number of amides is 2. The minimum atomic E-state index is -0.447. The Hall–Kier alpha value is -0.910. The zero-order chi connectivity index (χ0) is 14.1. The van der Waals surface area contributed by atoms with Crippen LogP contribution in [0.1, 0.15) is 51.9 Å². The van der Waals surface area contributed by atoms with Crippen LogP contribution in [0.15, 0.2) is 4.99 Å². The summed E-state index contributed by atoms with van der Waals surface area (Å²) in [7, 11) is 1.39. The molecule has 0 aromatic heterocycles. The van der Waals surface area contributed by atoms with E-state index in [4.69, 9.17) is 5.73 Å². The number of aliphatic imine (C=N–C) groups is 1. The number of hydrogen-bond donors (Lipinski definition) is 2. The monoisotopic (exact) mass is 287 g/mol. The fourth-order valence-electron chi connectivity index (χ4n) is 2.33. The minimum absolute atomic E-state index is 0.110. The summed E-state index contributed by atoms with van der Waals surface area (Å²) in [6, 6.07) is -0.557. The topological polar surface area (TPSA) is 76.7 Å². The van der Waals surface area contributed by atoms with Crippen molar-refractivity contribution in [3.8, 4) is 0 Å². The lowest BCUT2D eigenvalue weighted by Gasteiger charge is -2.27. The molecule has 6 heteroatoms. The van der Waals surface area contributed by atoms with Gasteiger partial charge in [0.15, 0.2) is 0 Å². The van der Waals surface area contributed by atoms with Gasteiger partial charge in [-0.3, -0.25) is 4.72 Å². The van der Waals surface area contributed by atoms with Crippen LogP contribution in [0.2, 0.25) is 0 Å². The van der Waals surface area contributed by atoms with Crippen LogP contribution in [0.5, 0.6) is 0 Å². The molecule has 2 amide bonds. The van der Waals surface area contributed by atoms with Gasteiger partial charge in [-0.25, -0.2) is 4.79 Å². The van der Waals surface area contributed by atoms with Gasteiger partial charge in [-0.05, 0) is 43.5 Å². The number of amidine groups is 1. The number of urea groups is 1. The lowest BCUT2D eigenvalue weighted by atomic mass is 9.85. The van der Waals surface area contributed by atoms with Gasteiger partial charge in [0.1, 0.15) is 0 Å². The molecule has 5 nitrogen and oxygen atoms in total. The molecule has 1 rings (SSSR count). The highest BCUT2D eigenvalue weighted by Gasteiger charge is 2.21. The lowest BCUT2D eigenvalue weighted by molar-refractivity contribution is 0.253. The van der Waals surface area contributed by atoms with Gasteiger partial charge in [-0.1, -0.05) is 26.2 Å². The van der Waals surface area contributed by atoms with Crippen molar-refractivity contribution in [1.29, 1.82) is 0 Å². The van der Waals surface area contributed by atoms with Gasteiger partial charge < -0.3 is 10.5 Å². The van der Waals surface area contributed by atoms with Gasteiger partial charge in [0.2, 0.25) is 0 Å². The third-order valence-electron chi connectivity index (χ3n) is 3.49. The van der Waals surface area contributed by atoms with E-state index in [1.54, 1.807) is 0 Å². The second-order valence-electron chi connectivity index (χ2n) is 4.96. The van der Waals surface area contributed by atoms with Gasteiger partial charge in [0.05, 0.1) is 7.11 Å². The quantitative estimate of drug-likeness (QED) is 0.463. The van der Waals surface area contributed by atoms with Gasteiger partial charge in [0, 0.05) is 5.25 Å². The molecule has 3 N–H and O–H groups in total. The number of ether oxygens (including phenoxy) is 1. The Morgan fingerprint density at radius 1 is 1.42 bits per heavy atom. The third kappa shape index (κ3) is 6.71. The van der Waals surface area contributed by atoms with Crippen LogP contribution in [0.4, 0.5) is 4.79 Å². The first-order chi connectivity index (χ1) is 9.15. The Bertz CT molecular complexity index is 302. The summed E-state index contributed by atoms with van der Waals surface area (Å²) >= 11 is 1.47. The Kier molecular flexibility index (Phi) is 7.70. The molecule has 110 valence electrons. The lowest BCUT2D eigenvalue weighted by Crippen LogP contribution is -2.24. The molecule has 0 saturated heterocycles. The second kappa shape index (κ2) is 9.07. The maximum absolute atomic E-state index is 11.4. The van der Waals surface area contributed by atoms with Crippen molar-refractivity contribution in [3.05, 3.63) is 0 Å². The first kappa shape index (κ1) is 16.1. The molecule has 0 bridgehead atoms. The maximum Gasteiger partial charge on any atom is 0.355 e. The number of unbranched alkanes of at least 4 members (excludes halogenated alkanes) is 1. The van der Waals surface area contributed by atoms with Crippen molar-refractivity contribution in [3.63, 3.8) is 0 Å². The highest BCUT2D eigenvalue weighted by Crippen LogP contribution is 2.33. The molecular formula is C13H25N3O2S.